The molecule has 1 N–H and O–H groups in total. The minimum absolute atomic E-state index is 0.0301. The second-order valence-electron chi connectivity index (χ2n) is 6.26. The first-order chi connectivity index (χ1) is 13.0. The number of carbonyl (C=O) groups is 2. The Morgan fingerprint density at radius 1 is 1.11 bits per heavy atom. The molecule has 7 nitrogen and oxygen atoms in total. The number of hydrogen-bond donors (Lipinski definition) is 1. The first kappa shape index (κ1) is 18.3. The molecule has 0 bridgehead atoms. The van der Waals surface area contributed by atoms with Gasteiger partial charge >= 0.3 is 0 Å². The standard InChI is InChI=1S/C20H20N4O3/c1-14(25)23(2)12-15-7-3-5-9-17(15)22-20(27)13-24-18-10-6-4-8-16(18)19(26)11-21-24/h3-11H,12-13H2,1-2H3,(H,22,27). The molecular weight excluding hydrogens is 344 g/mol. The lowest BCUT2D eigenvalue weighted by Crippen LogP contribution is -2.25. The monoisotopic (exact) mass is 364 g/mol. The van der Waals surface area contributed by atoms with Crippen molar-refractivity contribution >= 4 is 28.4 Å². The Hall–Kier alpha value is -3.48. The molecule has 0 atom stereocenters. The Balaban J connectivity index is 1.81. The largest absolute Gasteiger partial charge is 0.342 e. The summed E-state index contributed by atoms with van der Waals surface area (Å²) in [6.07, 6.45) is 1.21. The highest BCUT2D eigenvalue weighted by atomic mass is 16.2. The number of nitrogens with one attached hydrogen (secondary N) is 1. The van der Waals surface area contributed by atoms with Gasteiger partial charge in [-0.3, -0.25) is 19.1 Å². The molecule has 3 aromatic rings. The van der Waals surface area contributed by atoms with Crippen LogP contribution in [0.1, 0.15) is 12.5 Å². The Morgan fingerprint density at radius 3 is 2.59 bits per heavy atom. The summed E-state index contributed by atoms with van der Waals surface area (Å²) in [5, 5.41) is 7.46. The number of aromatic nitrogens is 2. The van der Waals surface area contributed by atoms with Gasteiger partial charge in [0.15, 0.2) is 0 Å². The number of benzene rings is 2. The van der Waals surface area contributed by atoms with Crippen LogP contribution in [-0.4, -0.2) is 33.5 Å². The van der Waals surface area contributed by atoms with Crippen LogP contribution in [0, 0.1) is 0 Å². The number of anilines is 1. The molecule has 1 heterocycles. The fraction of sp³-hybridized carbons (Fsp3) is 0.200. The lowest BCUT2D eigenvalue weighted by Gasteiger charge is -2.18. The summed E-state index contributed by atoms with van der Waals surface area (Å²) in [6, 6.07) is 14.4. The van der Waals surface area contributed by atoms with Crippen molar-refractivity contribution in [2.45, 2.75) is 20.0 Å². The van der Waals surface area contributed by atoms with Gasteiger partial charge < -0.3 is 10.2 Å². The van der Waals surface area contributed by atoms with Gasteiger partial charge in [0.25, 0.3) is 0 Å². The van der Waals surface area contributed by atoms with Crippen molar-refractivity contribution in [1.82, 2.24) is 14.7 Å². The third kappa shape index (κ3) is 4.20. The van der Waals surface area contributed by atoms with Crippen LogP contribution in [0.4, 0.5) is 5.69 Å². The number of rotatable bonds is 5. The molecule has 2 aromatic carbocycles. The van der Waals surface area contributed by atoms with Crippen molar-refractivity contribution in [3.63, 3.8) is 0 Å². The molecule has 0 saturated heterocycles. The molecule has 1 aromatic heterocycles. The van der Waals surface area contributed by atoms with Gasteiger partial charge in [0.05, 0.1) is 11.7 Å². The van der Waals surface area contributed by atoms with E-state index in [-0.39, 0.29) is 23.8 Å². The lowest BCUT2D eigenvalue weighted by molar-refractivity contribution is -0.128. The van der Waals surface area contributed by atoms with Crippen LogP contribution in [-0.2, 0) is 22.7 Å². The number of para-hydroxylation sites is 2. The molecule has 0 aliphatic heterocycles. The first-order valence-electron chi connectivity index (χ1n) is 8.50. The molecule has 0 unspecified atom stereocenters. The molecule has 0 aliphatic rings. The second kappa shape index (κ2) is 7.82. The zero-order chi connectivity index (χ0) is 19.4. The number of fused-ring (bicyclic) bond motifs is 1. The number of carbonyl (C=O) groups excluding carboxylic acids is 2. The van der Waals surface area contributed by atoms with Gasteiger partial charge in [-0.2, -0.15) is 5.10 Å². The summed E-state index contributed by atoms with van der Waals surface area (Å²) in [7, 11) is 1.71. The second-order valence-corrected chi connectivity index (χ2v) is 6.26. The Labute approximate surface area is 156 Å². The van der Waals surface area contributed by atoms with Gasteiger partial charge in [-0.15, -0.1) is 0 Å². The Bertz CT molecular complexity index is 1060. The first-order valence-corrected chi connectivity index (χ1v) is 8.50. The molecule has 7 heteroatoms. The maximum Gasteiger partial charge on any atom is 0.246 e. The van der Waals surface area contributed by atoms with Gasteiger partial charge in [-0.05, 0) is 23.8 Å². The van der Waals surface area contributed by atoms with Crippen molar-refractivity contribution in [3.05, 3.63) is 70.5 Å². The summed E-state index contributed by atoms with van der Waals surface area (Å²) >= 11 is 0. The Kier molecular flexibility index (Phi) is 5.30. The van der Waals surface area contributed by atoms with Gasteiger partial charge in [0.1, 0.15) is 6.54 Å². The molecule has 2 amide bonds. The number of hydrogen-bond acceptors (Lipinski definition) is 4. The van der Waals surface area contributed by atoms with Crippen molar-refractivity contribution < 1.29 is 9.59 Å². The smallest absolute Gasteiger partial charge is 0.246 e. The van der Waals surface area contributed by atoms with Crippen LogP contribution in [0.5, 0.6) is 0 Å². The van der Waals surface area contributed by atoms with E-state index in [1.807, 2.05) is 18.2 Å². The van der Waals surface area contributed by atoms with Crippen LogP contribution >= 0.6 is 0 Å². The molecule has 138 valence electrons. The molecule has 0 fully saturated rings. The van der Waals surface area contributed by atoms with Crippen LogP contribution in [0.15, 0.2) is 59.5 Å². The maximum atomic E-state index is 12.6. The van der Waals surface area contributed by atoms with E-state index in [1.165, 1.54) is 17.8 Å². The topological polar surface area (TPSA) is 84.3 Å². The van der Waals surface area contributed by atoms with Gasteiger partial charge in [0, 0.05) is 31.6 Å². The average Bonchev–Trinajstić information content (AvgIpc) is 2.65. The number of nitrogens with zero attached hydrogens (tertiary/aromatic N) is 3. The zero-order valence-electron chi connectivity index (χ0n) is 15.2. The van der Waals surface area contributed by atoms with Crippen LogP contribution in [0.25, 0.3) is 10.9 Å². The van der Waals surface area contributed by atoms with E-state index in [1.54, 1.807) is 42.3 Å². The molecule has 0 radical (unpaired) electrons. The average molecular weight is 364 g/mol. The summed E-state index contributed by atoms with van der Waals surface area (Å²) < 4.78 is 1.50. The zero-order valence-corrected chi connectivity index (χ0v) is 15.2. The van der Waals surface area contributed by atoms with Crippen molar-refractivity contribution in [2.75, 3.05) is 12.4 Å². The normalized spacial score (nSPS) is 10.6. The van der Waals surface area contributed by atoms with Crippen molar-refractivity contribution in [2.24, 2.45) is 0 Å². The molecule has 0 saturated carbocycles. The van der Waals surface area contributed by atoms with E-state index < -0.39 is 0 Å². The minimum atomic E-state index is -0.269. The lowest BCUT2D eigenvalue weighted by atomic mass is 10.1. The molecular formula is C20H20N4O3. The third-order valence-electron chi connectivity index (χ3n) is 4.29. The van der Waals surface area contributed by atoms with Gasteiger partial charge in [0.2, 0.25) is 17.2 Å². The Morgan fingerprint density at radius 2 is 1.81 bits per heavy atom. The van der Waals surface area contributed by atoms with Crippen molar-refractivity contribution in [3.8, 4) is 0 Å². The van der Waals surface area contributed by atoms with E-state index in [4.69, 9.17) is 0 Å². The molecule has 0 spiro atoms. The minimum Gasteiger partial charge on any atom is -0.342 e. The predicted molar refractivity (Wildman–Crippen MR) is 103 cm³/mol. The van der Waals surface area contributed by atoms with E-state index in [2.05, 4.69) is 10.4 Å². The fourth-order valence-corrected chi connectivity index (χ4v) is 2.76. The maximum absolute atomic E-state index is 12.6. The predicted octanol–water partition coefficient (Wildman–Crippen LogP) is 2.01. The molecule has 0 aliphatic carbocycles. The summed E-state index contributed by atoms with van der Waals surface area (Å²) in [5.74, 6) is -0.325. The summed E-state index contributed by atoms with van der Waals surface area (Å²) in [4.78, 5) is 37.5. The fourth-order valence-electron chi connectivity index (χ4n) is 2.76. The van der Waals surface area contributed by atoms with E-state index >= 15 is 0 Å². The van der Waals surface area contributed by atoms with Crippen LogP contribution < -0.4 is 10.7 Å². The molecule has 27 heavy (non-hydrogen) atoms. The van der Waals surface area contributed by atoms with Crippen LogP contribution in [0.3, 0.4) is 0 Å². The van der Waals surface area contributed by atoms with E-state index in [9.17, 15) is 14.4 Å². The SMILES string of the molecule is CC(=O)N(C)Cc1ccccc1NC(=O)Cn1ncc(=O)c2ccccc21. The summed E-state index contributed by atoms with van der Waals surface area (Å²) in [6.45, 7) is 1.86. The van der Waals surface area contributed by atoms with Gasteiger partial charge in [-0.25, -0.2) is 0 Å². The molecule has 3 rings (SSSR count). The summed E-state index contributed by atoms with van der Waals surface area (Å²) in [5.41, 5.74) is 1.90. The quantitative estimate of drug-likeness (QED) is 0.751. The van der Waals surface area contributed by atoms with Gasteiger partial charge in [-0.1, -0.05) is 30.3 Å². The highest BCUT2D eigenvalue weighted by molar-refractivity contribution is 5.92. The number of amides is 2. The third-order valence-corrected chi connectivity index (χ3v) is 4.29. The van der Waals surface area contributed by atoms with Crippen LogP contribution in [0.2, 0.25) is 0 Å². The van der Waals surface area contributed by atoms with Crippen molar-refractivity contribution in [1.29, 1.82) is 0 Å². The highest BCUT2D eigenvalue weighted by Crippen LogP contribution is 2.17. The van der Waals surface area contributed by atoms with E-state index in [0.29, 0.717) is 23.1 Å². The van der Waals surface area contributed by atoms with E-state index in [0.717, 1.165) is 5.56 Å². The highest BCUT2D eigenvalue weighted by Gasteiger charge is 2.12.